The second kappa shape index (κ2) is 4.40. The highest BCUT2D eigenvalue weighted by atomic mass is 16.5. The van der Waals surface area contributed by atoms with E-state index in [1.807, 2.05) is 0 Å². The van der Waals surface area contributed by atoms with E-state index in [-0.39, 0.29) is 5.60 Å². The van der Waals surface area contributed by atoms with Crippen LogP contribution in [0.4, 0.5) is 0 Å². The summed E-state index contributed by atoms with van der Waals surface area (Å²) in [5, 5.41) is 6.74. The van der Waals surface area contributed by atoms with Crippen LogP contribution in [0.15, 0.2) is 0 Å². The lowest BCUT2D eigenvalue weighted by atomic mass is 9.70. The highest BCUT2D eigenvalue weighted by Crippen LogP contribution is 2.39. The van der Waals surface area contributed by atoms with Gasteiger partial charge in [-0.25, -0.2) is 0 Å². The zero-order valence-corrected chi connectivity index (χ0v) is 10.1. The molecular formula is C12H24N2O. The fraction of sp³-hybridized carbons (Fsp3) is 1.00. The number of ether oxygens (including phenoxy) is 1. The van der Waals surface area contributed by atoms with E-state index in [4.69, 9.17) is 4.74 Å². The van der Waals surface area contributed by atoms with Crippen LogP contribution in [0.2, 0.25) is 0 Å². The Kier molecular flexibility index (Phi) is 3.33. The number of hydrogen-bond donors (Lipinski definition) is 2. The van der Waals surface area contributed by atoms with Gasteiger partial charge in [0.1, 0.15) is 0 Å². The summed E-state index contributed by atoms with van der Waals surface area (Å²) in [5.41, 5.74) is 0.698. The summed E-state index contributed by atoms with van der Waals surface area (Å²) in [6.45, 7) is 9.55. The topological polar surface area (TPSA) is 33.3 Å². The Labute approximate surface area is 93.0 Å². The van der Waals surface area contributed by atoms with Crippen LogP contribution < -0.4 is 10.6 Å². The molecule has 3 heteroatoms. The van der Waals surface area contributed by atoms with Crippen molar-refractivity contribution in [1.82, 2.24) is 10.6 Å². The highest BCUT2D eigenvalue weighted by molar-refractivity contribution is 4.90. The fourth-order valence-electron chi connectivity index (χ4n) is 2.30. The molecule has 88 valence electrons. The third-order valence-electron chi connectivity index (χ3n) is 3.84. The van der Waals surface area contributed by atoms with E-state index in [9.17, 15) is 0 Å². The fourth-order valence-corrected chi connectivity index (χ4v) is 2.30. The van der Waals surface area contributed by atoms with Crippen molar-refractivity contribution in [2.24, 2.45) is 5.41 Å². The van der Waals surface area contributed by atoms with E-state index in [0.29, 0.717) is 5.41 Å². The maximum atomic E-state index is 5.81. The minimum Gasteiger partial charge on any atom is -0.371 e. The highest BCUT2D eigenvalue weighted by Gasteiger charge is 2.33. The summed E-state index contributed by atoms with van der Waals surface area (Å²) in [6, 6.07) is 0. The van der Waals surface area contributed by atoms with Crippen LogP contribution in [0.25, 0.3) is 0 Å². The minimum atomic E-state index is 0.113. The van der Waals surface area contributed by atoms with E-state index in [1.165, 1.54) is 19.3 Å². The van der Waals surface area contributed by atoms with Crippen LogP contribution in [0.5, 0.6) is 0 Å². The first-order valence-electron chi connectivity index (χ1n) is 6.17. The predicted octanol–water partition coefficient (Wildman–Crippen LogP) is 1.14. The van der Waals surface area contributed by atoms with Crippen molar-refractivity contribution in [3.8, 4) is 0 Å². The van der Waals surface area contributed by atoms with Crippen LogP contribution in [0.3, 0.4) is 0 Å². The molecule has 15 heavy (non-hydrogen) atoms. The van der Waals surface area contributed by atoms with Crippen LogP contribution in [-0.4, -0.2) is 38.4 Å². The van der Waals surface area contributed by atoms with Crippen molar-refractivity contribution in [1.29, 1.82) is 0 Å². The van der Waals surface area contributed by atoms with Gasteiger partial charge in [-0.2, -0.15) is 0 Å². The van der Waals surface area contributed by atoms with E-state index >= 15 is 0 Å². The van der Waals surface area contributed by atoms with E-state index in [1.54, 1.807) is 0 Å². The van der Waals surface area contributed by atoms with Crippen LogP contribution in [0, 0.1) is 5.41 Å². The molecule has 2 aliphatic rings. The van der Waals surface area contributed by atoms with E-state index < -0.39 is 0 Å². The van der Waals surface area contributed by atoms with Gasteiger partial charge in [-0.05, 0) is 25.2 Å². The van der Waals surface area contributed by atoms with Gasteiger partial charge in [-0.3, -0.25) is 0 Å². The molecule has 1 aliphatic heterocycles. The van der Waals surface area contributed by atoms with Crippen molar-refractivity contribution >= 4 is 0 Å². The summed E-state index contributed by atoms with van der Waals surface area (Å²) in [6.07, 6.45) is 4.20. The molecule has 0 aromatic carbocycles. The molecule has 2 fully saturated rings. The maximum absolute atomic E-state index is 5.81. The summed E-state index contributed by atoms with van der Waals surface area (Å²) in [4.78, 5) is 0. The maximum Gasteiger partial charge on any atom is 0.0902 e. The quantitative estimate of drug-likeness (QED) is 0.648. The Hall–Kier alpha value is -0.120. The largest absolute Gasteiger partial charge is 0.371 e. The standard InChI is InChI=1S/C12H24N2O/c1-11(4-3-5-11)8-13-6-7-15-12(2)9-14-10-12/h13-14H,3-10H2,1-2H3. The van der Waals surface area contributed by atoms with Gasteiger partial charge in [0.15, 0.2) is 0 Å². The van der Waals surface area contributed by atoms with Crippen molar-refractivity contribution in [3.63, 3.8) is 0 Å². The SMILES string of the molecule is CC1(CNCCOC2(C)CNC2)CCC1. The lowest BCUT2D eigenvalue weighted by Crippen LogP contribution is -2.59. The molecule has 1 saturated carbocycles. The molecule has 2 N–H and O–H groups in total. The molecule has 0 aromatic rings. The molecule has 1 heterocycles. The van der Waals surface area contributed by atoms with Gasteiger partial charge >= 0.3 is 0 Å². The molecule has 0 bridgehead atoms. The van der Waals surface area contributed by atoms with Crippen LogP contribution in [-0.2, 0) is 4.74 Å². The van der Waals surface area contributed by atoms with Gasteiger partial charge in [0.05, 0.1) is 12.2 Å². The second-order valence-electron chi connectivity index (χ2n) is 5.74. The van der Waals surface area contributed by atoms with Crippen molar-refractivity contribution in [2.45, 2.75) is 38.7 Å². The molecule has 1 aliphatic carbocycles. The van der Waals surface area contributed by atoms with Crippen molar-refractivity contribution < 1.29 is 4.74 Å². The Morgan fingerprint density at radius 1 is 1.27 bits per heavy atom. The third-order valence-corrected chi connectivity index (χ3v) is 3.84. The van der Waals surface area contributed by atoms with Gasteiger partial charge < -0.3 is 15.4 Å². The lowest BCUT2D eigenvalue weighted by Gasteiger charge is -2.40. The Morgan fingerprint density at radius 2 is 2.00 bits per heavy atom. The van der Waals surface area contributed by atoms with Crippen molar-refractivity contribution in [3.05, 3.63) is 0 Å². The third kappa shape index (κ3) is 2.92. The smallest absolute Gasteiger partial charge is 0.0902 e. The molecule has 0 spiro atoms. The molecule has 1 saturated heterocycles. The van der Waals surface area contributed by atoms with Gasteiger partial charge in [-0.1, -0.05) is 13.3 Å². The normalized spacial score (nSPS) is 26.8. The van der Waals surface area contributed by atoms with E-state index in [2.05, 4.69) is 24.5 Å². The summed E-state index contributed by atoms with van der Waals surface area (Å²) in [5.74, 6) is 0. The van der Waals surface area contributed by atoms with Crippen LogP contribution in [0.1, 0.15) is 33.1 Å². The number of nitrogens with one attached hydrogen (secondary N) is 2. The minimum absolute atomic E-state index is 0.113. The molecule has 0 amide bonds. The van der Waals surface area contributed by atoms with Gasteiger partial charge in [0.25, 0.3) is 0 Å². The lowest BCUT2D eigenvalue weighted by molar-refractivity contribution is -0.0653. The predicted molar refractivity (Wildman–Crippen MR) is 62.1 cm³/mol. The Morgan fingerprint density at radius 3 is 2.47 bits per heavy atom. The first-order chi connectivity index (χ1) is 7.12. The molecular weight excluding hydrogens is 188 g/mol. The Bertz CT molecular complexity index is 188. The molecule has 3 nitrogen and oxygen atoms in total. The molecule has 0 aromatic heterocycles. The molecule has 0 radical (unpaired) electrons. The second-order valence-corrected chi connectivity index (χ2v) is 5.74. The summed E-state index contributed by atoms with van der Waals surface area (Å²) < 4.78 is 5.81. The molecule has 2 rings (SSSR count). The zero-order chi connectivity index (χ0) is 10.8. The molecule has 0 unspecified atom stereocenters. The van der Waals surface area contributed by atoms with Crippen LogP contribution >= 0.6 is 0 Å². The monoisotopic (exact) mass is 212 g/mol. The molecule has 0 atom stereocenters. The summed E-state index contributed by atoms with van der Waals surface area (Å²) >= 11 is 0. The van der Waals surface area contributed by atoms with Gasteiger partial charge in [-0.15, -0.1) is 0 Å². The average molecular weight is 212 g/mol. The zero-order valence-electron chi connectivity index (χ0n) is 10.1. The van der Waals surface area contributed by atoms with Gasteiger partial charge in [0.2, 0.25) is 0 Å². The Balaban J connectivity index is 1.48. The van der Waals surface area contributed by atoms with Crippen molar-refractivity contribution in [2.75, 3.05) is 32.8 Å². The van der Waals surface area contributed by atoms with E-state index in [0.717, 1.165) is 32.8 Å². The van der Waals surface area contributed by atoms with Gasteiger partial charge in [0, 0.05) is 26.2 Å². The summed E-state index contributed by atoms with van der Waals surface area (Å²) in [7, 11) is 0. The average Bonchev–Trinajstić information content (AvgIpc) is 2.12. The first kappa shape index (κ1) is 11.4. The number of hydrogen-bond acceptors (Lipinski definition) is 3. The first-order valence-corrected chi connectivity index (χ1v) is 6.17. The number of rotatable bonds is 6.